The molecule has 0 aliphatic rings. The first-order chi connectivity index (χ1) is 8.04. The number of halogens is 1. The van der Waals surface area contributed by atoms with Crippen LogP contribution in [-0.2, 0) is 0 Å². The van der Waals surface area contributed by atoms with Gasteiger partial charge < -0.3 is 16.0 Å². The van der Waals surface area contributed by atoms with Crippen molar-refractivity contribution in [3.05, 3.63) is 22.7 Å². The molecule has 4 heteroatoms. The first kappa shape index (κ1) is 14.3. The predicted octanol–water partition coefficient (Wildman–Crippen LogP) is 3.17. The van der Waals surface area contributed by atoms with Gasteiger partial charge >= 0.3 is 0 Å². The summed E-state index contributed by atoms with van der Waals surface area (Å²) in [6, 6.07) is 6.46. The van der Waals surface area contributed by atoms with Crippen LogP contribution in [0.25, 0.3) is 0 Å². The van der Waals surface area contributed by atoms with Crippen LogP contribution in [0.15, 0.2) is 22.7 Å². The molecule has 0 saturated heterocycles. The fourth-order valence-corrected chi connectivity index (χ4v) is 2.11. The highest BCUT2D eigenvalue weighted by Crippen LogP contribution is 2.24. The van der Waals surface area contributed by atoms with Gasteiger partial charge in [0.15, 0.2) is 0 Å². The molecule has 0 fully saturated rings. The van der Waals surface area contributed by atoms with Crippen molar-refractivity contribution in [2.45, 2.75) is 26.3 Å². The second-order valence-electron chi connectivity index (χ2n) is 4.40. The van der Waals surface area contributed by atoms with Crippen LogP contribution in [0, 0.1) is 0 Å². The van der Waals surface area contributed by atoms with E-state index in [1.165, 1.54) is 6.42 Å². The Morgan fingerprint density at radius 1 is 1.47 bits per heavy atom. The lowest BCUT2D eigenvalue weighted by Gasteiger charge is -2.23. The summed E-state index contributed by atoms with van der Waals surface area (Å²) in [7, 11) is 2.16. The Kier molecular flexibility index (Phi) is 5.78. The normalized spacial score (nSPS) is 12.8. The molecular formula is C13H22BrN3. The van der Waals surface area contributed by atoms with Crippen LogP contribution >= 0.6 is 15.9 Å². The van der Waals surface area contributed by atoms with Crippen molar-refractivity contribution >= 4 is 27.3 Å². The van der Waals surface area contributed by atoms with Gasteiger partial charge in [-0.25, -0.2) is 0 Å². The number of rotatable bonds is 6. The summed E-state index contributed by atoms with van der Waals surface area (Å²) in [6.45, 7) is 6.43. The molecule has 1 atom stereocenters. The van der Waals surface area contributed by atoms with Crippen molar-refractivity contribution < 1.29 is 0 Å². The maximum atomic E-state index is 5.70. The van der Waals surface area contributed by atoms with Crippen LogP contribution in [-0.4, -0.2) is 31.1 Å². The van der Waals surface area contributed by atoms with Crippen molar-refractivity contribution in [2.24, 2.45) is 0 Å². The third-order valence-electron chi connectivity index (χ3n) is 3.12. The Labute approximate surface area is 113 Å². The lowest BCUT2D eigenvalue weighted by molar-refractivity contribution is 0.261. The highest BCUT2D eigenvalue weighted by atomic mass is 79.9. The quantitative estimate of drug-likeness (QED) is 0.793. The lowest BCUT2D eigenvalue weighted by Crippen LogP contribution is -2.32. The van der Waals surface area contributed by atoms with Crippen LogP contribution < -0.4 is 11.1 Å². The third kappa shape index (κ3) is 4.56. The van der Waals surface area contributed by atoms with Gasteiger partial charge in [0, 0.05) is 35.0 Å². The number of hydrogen-bond donors (Lipinski definition) is 2. The van der Waals surface area contributed by atoms with Crippen LogP contribution in [0.4, 0.5) is 11.4 Å². The second-order valence-corrected chi connectivity index (χ2v) is 5.26. The Morgan fingerprint density at radius 2 is 2.18 bits per heavy atom. The van der Waals surface area contributed by atoms with Gasteiger partial charge in [0.2, 0.25) is 0 Å². The van der Waals surface area contributed by atoms with E-state index in [1.54, 1.807) is 0 Å². The maximum Gasteiger partial charge on any atom is 0.0486 e. The molecule has 3 N–H and O–H groups in total. The number of nitrogens with zero attached hydrogens (tertiary/aromatic N) is 1. The molecule has 1 unspecified atom stereocenters. The second kappa shape index (κ2) is 6.87. The zero-order valence-corrected chi connectivity index (χ0v) is 12.4. The van der Waals surface area contributed by atoms with Crippen LogP contribution in [0.1, 0.15) is 20.3 Å². The molecule has 0 amide bonds. The van der Waals surface area contributed by atoms with E-state index < -0.39 is 0 Å². The topological polar surface area (TPSA) is 41.3 Å². The molecule has 1 rings (SSSR count). The zero-order valence-electron chi connectivity index (χ0n) is 10.8. The molecule has 0 aromatic heterocycles. The number of nitrogens with two attached hydrogens (primary N) is 1. The van der Waals surface area contributed by atoms with Crippen molar-refractivity contribution in [3.63, 3.8) is 0 Å². The van der Waals surface area contributed by atoms with E-state index in [2.05, 4.69) is 47.0 Å². The molecule has 0 spiro atoms. The molecular weight excluding hydrogens is 278 g/mol. The van der Waals surface area contributed by atoms with Crippen molar-refractivity contribution in [1.29, 1.82) is 0 Å². The van der Waals surface area contributed by atoms with E-state index in [4.69, 9.17) is 5.73 Å². The monoisotopic (exact) mass is 299 g/mol. The van der Waals surface area contributed by atoms with Gasteiger partial charge in [-0.2, -0.15) is 0 Å². The van der Waals surface area contributed by atoms with Gasteiger partial charge in [-0.15, -0.1) is 0 Å². The fraction of sp³-hybridized carbons (Fsp3) is 0.538. The zero-order chi connectivity index (χ0) is 12.8. The fourth-order valence-electron chi connectivity index (χ4n) is 1.57. The smallest absolute Gasteiger partial charge is 0.0486 e. The van der Waals surface area contributed by atoms with Crippen molar-refractivity contribution in [1.82, 2.24) is 4.90 Å². The largest absolute Gasteiger partial charge is 0.399 e. The Bertz CT molecular complexity index is 355. The molecule has 1 aromatic carbocycles. The number of hydrogen-bond acceptors (Lipinski definition) is 3. The lowest BCUT2D eigenvalue weighted by atomic mass is 10.2. The van der Waals surface area contributed by atoms with Gasteiger partial charge in [0.1, 0.15) is 0 Å². The minimum Gasteiger partial charge on any atom is -0.399 e. The third-order valence-corrected chi connectivity index (χ3v) is 3.77. The Hall–Kier alpha value is -0.740. The standard InChI is InChI=1S/C13H22BrN3/c1-4-10(2)17(3)8-7-16-13-6-5-11(15)9-12(13)14/h5-6,9-10,16H,4,7-8,15H2,1-3H3. The van der Waals surface area contributed by atoms with Crippen LogP contribution in [0.5, 0.6) is 0 Å². The molecule has 0 aliphatic carbocycles. The SMILES string of the molecule is CCC(C)N(C)CCNc1ccc(N)cc1Br. The molecule has 1 aromatic rings. The molecule has 0 saturated carbocycles. The molecule has 17 heavy (non-hydrogen) atoms. The highest BCUT2D eigenvalue weighted by molar-refractivity contribution is 9.10. The van der Waals surface area contributed by atoms with Crippen molar-refractivity contribution in [3.8, 4) is 0 Å². The molecule has 0 heterocycles. The van der Waals surface area contributed by atoms with E-state index in [9.17, 15) is 0 Å². The number of nitrogens with one attached hydrogen (secondary N) is 1. The average Bonchev–Trinajstić information content (AvgIpc) is 2.30. The molecule has 0 aliphatic heterocycles. The average molecular weight is 300 g/mol. The van der Waals surface area contributed by atoms with E-state index >= 15 is 0 Å². The van der Waals surface area contributed by atoms with Gasteiger partial charge in [-0.3, -0.25) is 0 Å². The molecule has 0 radical (unpaired) electrons. The summed E-state index contributed by atoms with van der Waals surface area (Å²) in [5.41, 5.74) is 7.57. The molecule has 0 bridgehead atoms. The number of nitrogen functional groups attached to an aromatic ring is 1. The van der Waals surface area contributed by atoms with E-state index in [-0.39, 0.29) is 0 Å². The van der Waals surface area contributed by atoms with Crippen molar-refractivity contribution in [2.75, 3.05) is 31.2 Å². The van der Waals surface area contributed by atoms with E-state index in [0.29, 0.717) is 6.04 Å². The minimum atomic E-state index is 0.631. The summed E-state index contributed by atoms with van der Waals surface area (Å²) in [4.78, 5) is 2.36. The van der Waals surface area contributed by atoms with E-state index in [1.807, 2.05) is 18.2 Å². The van der Waals surface area contributed by atoms with Gasteiger partial charge in [-0.1, -0.05) is 6.92 Å². The number of anilines is 2. The molecule has 96 valence electrons. The summed E-state index contributed by atoms with van der Waals surface area (Å²) in [6.07, 6.45) is 1.18. The first-order valence-corrected chi connectivity index (χ1v) is 6.83. The minimum absolute atomic E-state index is 0.631. The summed E-state index contributed by atoms with van der Waals surface area (Å²) in [5.74, 6) is 0. The Balaban J connectivity index is 2.40. The van der Waals surface area contributed by atoms with Crippen LogP contribution in [0.3, 0.4) is 0 Å². The number of benzene rings is 1. The summed E-state index contributed by atoms with van der Waals surface area (Å²) < 4.78 is 1.02. The van der Waals surface area contributed by atoms with Gasteiger partial charge in [-0.05, 0) is 54.5 Å². The first-order valence-electron chi connectivity index (χ1n) is 6.03. The van der Waals surface area contributed by atoms with Gasteiger partial charge in [0.05, 0.1) is 0 Å². The Morgan fingerprint density at radius 3 is 2.76 bits per heavy atom. The summed E-state index contributed by atoms with van der Waals surface area (Å²) in [5, 5.41) is 3.41. The summed E-state index contributed by atoms with van der Waals surface area (Å²) >= 11 is 3.50. The van der Waals surface area contributed by atoms with Gasteiger partial charge in [0.25, 0.3) is 0 Å². The highest BCUT2D eigenvalue weighted by Gasteiger charge is 2.06. The predicted molar refractivity (Wildman–Crippen MR) is 79.4 cm³/mol. The van der Waals surface area contributed by atoms with Crippen LogP contribution in [0.2, 0.25) is 0 Å². The molecule has 3 nitrogen and oxygen atoms in total. The van der Waals surface area contributed by atoms with E-state index in [0.717, 1.165) is 28.9 Å². The maximum absolute atomic E-state index is 5.70. The number of likely N-dealkylation sites (N-methyl/N-ethyl adjacent to an activating group) is 1.